The van der Waals surface area contributed by atoms with Crippen molar-refractivity contribution in [2.75, 3.05) is 6.54 Å². The number of carboxylic acid groups (broad SMARTS) is 1. The Morgan fingerprint density at radius 3 is 2.43 bits per heavy atom. The molecule has 0 saturated heterocycles. The van der Waals surface area contributed by atoms with Crippen molar-refractivity contribution in [2.45, 2.75) is 45.4 Å². The minimum Gasteiger partial charge on any atom is -0.481 e. The van der Waals surface area contributed by atoms with E-state index in [1.807, 2.05) is 13.8 Å². The van der Waals surface area contributed by atoms with E-state index in [0.717, 1.165) is 0 Å². The SMILES string of the molecule is Cc1noc(C)c1S(=O)(=O)NCC(CC(=O)O)CC(C)C. The highest BCUT2D eigenvalue weighted by Crippen LogP contribution is 2.20. The molecule has 8 heteroatoms. The summed E-state index contributed by atoms with van der Waals surface area (Å²) in [7, 11) is -3.74. The van der Waals surface area contributed by atoms with E-state index >= 15 is 0 Å². The van der Waals surface area contributed by atoms with Gasteiger partial charge in [0.05, 0.1) is 0 Å². The molecule has 0 saturated carbocycles. The number of aryl methyl sites for hydroxylation is 2. The predicted octanol–water partition coefficient (Wildman–Crippen LogP) is 1.71. The fraction of sp³-hybridized carbons (Fsp3) is 0.692. The van der Waals surface area contributed by atoms with Crippen LogP contribution in [-0.2, 0) is 14.8 Å². The average Bonchev–Trinajstić information content (AvgIpc) is 2.65. The number of nitrogens with one attached hydrogen (secondary N) is 1. The van der Waals surface area contributed by atoms with Gasteiger partial charge in [0.25, 0.3) is 0 Å². The molecule has 1 rings (SSSR count). The van der Waals surface area contributed by atoms with Crippen molar-refractivity contribution in [3.63, 3.8) is 0 Å². The summed E-state index contributed by atoms with van der Waals surface area (Å²) >= 11 is 0. The highest BCUT2D eigenvalue weighted by Gasteiger charge is 2.25. The third kappa shape index (κ3) is 5.13. The van der Waals surface area contributed by atoms with Gasteiger partial charge >= 0.3 is 5.97 Å². The van der Waals surface area contributed by atoms with Gasteiger partial charge in [-0.15, -0.1) is 0 Å². The van der Waals surface area contributed by atoms with E-state index in [4.69, 9.17) is 9.63 Å². The van der Waals surface area contributed by atoms with Crippen LogP contribution in [0.1, 0.15) is 38.1 Å². The van der Waals surface area contributed by atoms with Crippen molar-refractivity contribution < 1.29 is 22.8 Å². The maximum absolute atomic E-state index is 12.3. The molecule has 1 heterocycles. The Kier molecular flexibility index (Phi) is 5.91. The molecule has 0 fully saturated rings. The number of sulfonamides is 1. The lowest BCUT2D eigenvalue weighted by Crippen LogP contribution is -2.31. The summed E-state index contributed by atoms with van der Waals surface area (Å²) in [6.45, 7) is 7.09. The molecule has 0 aliphatic carbocycles. The number of nitrogens with zero attached hydrogens (tertiary/aromatic N) is 1. The third-order valence-corrected chi connectivity index (χ3v) is 4.73. The van der Waals surface area contributed by atoms with E-state index in [0.29, 0.717) is 12.1 Å². The van der Waals surface area contributed by atoms with Gasteiger partial charge in [0, 0.05) is 13.0 Å². The van der Waals surface area contributed by atoms with E-state index < -0.39 is 16.0 Å². The normalized spacial score (nSPS) is 13.6. The summed E-state index contributed by atoms with van der Waals surface area (Å²) in [4.78, 5) is 10.9. The van der Waals surface area contributed by atoms with Gasteiger partial charge in [0.1, 0.15) is 10.6 Å². The highest BCUT2D eigenvalue weighted by molar-refractivity contribution is 7.89. The molecular formula is C13H22N2O5S. The topological polar surface area (TPSA) is 110 Å². The van der Waals surface area contributed by atoms with Crippen molar-refractivity contribution in [2.24, 2.45) is 11.8 Å². The molecule has 0 aliphatic rings. The molecule has 0 aliphatic heterocycles. The maximum Gasteiger partial charge on any atom is 0.303 e. The molecule has 2 N–H and O–H groups in total. The predicted molar refractivity (Wildman–Crippen MR) is 76.4 cm³/mol. The van der Waals surface area contributed by atoms with Crippen LogP contribution in [0.2, 0.25) is 0 Å². The van der Waals surface area contributed by atoms with E-state index in [-0.39, 0.29) is 35.5 Å². The number of carbonyl (C=O) groups is 1. The first-order valence-electron chi connectivity index (χ1n) is 6.77. The summed E-state index contributed by atoms with van der Waals surface area (Å²) < 4.78 is 31.8. The fourth-order valence-electron chi connectivity index (χ4n) is 2.31. The van der Waals surface area contributed by atoms with E-state index in [1.165, 1.54) is 6.92 Å². The standard InChI is InChI=1S/C13H22N2O5S/c1-8(2)5-11(6-12(16)17)7-14-21(18,19)13-9(3)15-20-10(13)4/h8,11,14H,5-7H2,1-4H3,(H,16,17). The number of aromatic nitrogens is 1. The van der Waals surface area contributed by atoms with Gasteiger partial charge in [-0.05, 0) is 32.1 Å². The van der Waals surface area contributed by atoms with Crippen LogP contribution in [0, 0.1) is 25.7 Å². The van der Waals surface area contributed by atoms with Crippen LogP contribution >= 0.6 is 0 Å². The van der Waals surface area contributed by atoms with Gasteiger partial charge in [-0.25, -0.2) is 13.1 Å². The fourth-order valence-corrected chi connectivity index (χ4v) is 3.75. The molecule has 7 nitrogen and oxygen atoms in total. The number of hydrogen-bond acceptors (Lipinski definition) is 5. The first-order valence-corrected chi connectivity index (χ1v) is 8.26. The summed E-state index contributed by atoms with van der Waals surface area (Å²) in [6, 6.07) is 0. The number of rotatable bonds is 8. The van der Waals surface area contributed by atoms with Gasteiger partial charge < -0.3 is 9.63 Å². The molecule has 1 atom stereocenters. The van der Waals surface area contributed by atoms with Crippen LogP contribution in [-0.4, -0.2) is 31.2 Å². The largest absolute Gasteiger partial charge is 0.481 e. The monoisotopic (exact) mass is 318 g/mol. The molecular weight excluding hydrogens is 296 g/mol. The lowest BCUT2D eigenvalue weighted by Gasteiger charge is -2.17. The molecule has 0 bridgehead atoms. The van der Waals surface area contributed by atoms with Crippen LogP contribution < -0.4 is 4.72 Å². The maximum atomic E-state index is 12.3. The van der Waals surface area contributed by atoms with Crippen molar-refractivity contribution in [3.05, 3.63) is 11.5 Å². The van der Waals surface area contributed by atoms with Crippen LogP contribution in [0.4, 0.5) is 0 Å². The van der Waals surface area contributed by atoms with Gasteiger partial charge in [0.15, 0.2) is 5.76 Å². The number of aliphatic carboxylic acids is 1. The quantitative estimate of drug-likeness (QED) is 0.755. The molecule has 0 amide bonds. The van der Waals surface area contributed by atoms with Gasteiger partial charge in [-0.1, -0.05) is 19.0 Å². The Labute approximate surface area is 124 Å². The molecule has 21 heavy (non-hydrogen) atoms. The molecule has 0 aromatic carbocycles. The van der Waals surface area contributed by atoms with Crippen LogP contribution in [0.5, 0.6) is 0 Å². The first kappa shape index (κ1) is 17.6. The molecule has 1 aromatic rings. The second-order valence-corrected chi connectivity index (χ2v) is 7.30. The van der Waals surface area contributed by atoms with Crippen LogP contribution in [0.15, 0.2) is 9.42 Å². The zero-order valence-corrected chi connectivity index (χ0v) is 13.5. The number of carboxylic acids is 1. The molecule has 1 aromatic heterocycles. The molecule has 1 unspecified atom stereocenters. The number of hydrogen-bond donors (Lipinski definition) is 2. The second-order valence-electron chi connectivity index (χ2n) is 5.60. The van der Waals surface area contributed by atoms with Crippen molar-refractivity contribution in [1.29, 1.82) is 0 Å². The Balaban J connectivity index is 2.81. The van der Waals surface area contributed by atoms with Gasteiger partial charge in [-0.3, -0.25) is 4.79 Å². The Morgan fingerprint density at radius 1 is 1.38 bits per heavy atom. The zero-order valence-electron chi connectivity index (χ0n) is 12.7. The lowest BCUT2D eigenvalue weighted by atomic mass is 9.94. The second kappa shape index (κ2) is 7.04. The Morgan fingerprint density at radius 2 is 2.00 bits per heavy atom. The van der Waals surface area contributed by atoms with Gasteiger partial charge in [-0.2, -0.15) is 0 Å². The van der Waals surface area contributed by atoms with Crippen molar-refractivity contribution >= 4 is 16.0 Å². The zero-order chi connectivity index (χ0) is 16.2. The Hall–Kier alpha value is -1.41. The summed E-state index contributed by atoms with van der Waals surface area (Å²) in [6.07, 6.45) is 0.568. The first-order chi connectivity index (χ1) is 9.63. The lowest BCUT2D eigenvalue weighted by molar-refractivity contribution is -0.138. The molecule has 0 radical (unpaired) electrons. The minimum absolute atomic E-state index is 0.0288. The highest BCUT2D eigenvalue weighted by atomic mass is 32.2. The summed E-state index contributed by atoms with van der Waals surface area (Å²) in [5.74, 6) is -0.675. The molecule has 0 spiro atoms. The summed E-state index contributed by atoms with van der Waals surface area (Å²) in [5.41, 5.74) is 0.290. The van der Waals surface area contributed by atoms with E-state index in [2.05, 4.69) is 9.88 Å². The summed E-state index contributed by atoms with van der Waals surface area (Å²) in [5, 5.41) is 12.5. The third-order valence-electron chi connectivity index (χ3n) is 3.07. The average molecular weight is 318 g/mol. The van der Waals surface area contributed by atoms with Gasteiger partial charge in [0.2, 0.25) is 10.0 Å². The van der Waals surface area contributed by atoms with E-state index in [1.54, 1.807) is 6.92 Å². The van der Waals surface area contributed by atoms with Crippen molar-refractivity contribution in [1.82, 2.24) is 9.88 Å². The van der Waals surface area contributed by atoms with Crippen LogP contribution in [0.3, 0.4) is 0 Å². The molecule has 120 valence electrons. The minimum atomic E-state index is -3.74. The van der Waals surface area contributed by atoms with Crippen molar-refractivity contribution in [3.8, 4) is 0 Å². The van der Waals surface area contributed by atoms with Crippen LogP contribution in [0.25, 0.3) is 0 Å². The Bertz CT molecular complexity index is 572. The van der Waals surface area contributed by atoms with E-state index in [9.17, 15) is 13.2 Å². The smallest absolute Gasteiger partial charge is 0.303 e.